The first kappa shape index (κ1) is 10.8. The minimum Gasteiger partial charge on any atom is -0.390 e. The Kier molecular flexibility index (Phi) is 3.97. The Hall–Kier alpha value is -0.310. The Balaban J connectivity index is 2.75. The van der Waals surface area contributed by atoms with Crippen molar-refractivity contribution in [3.8, 4) is 0 Å². The van der Waals surface area contributed by atoms with Crippen molar-refractivity contribution in [2.75, 3.05) is 0 Å². The fourth-order valence-electron chi connectivity index (χ4n) is 1.34. The van der Waals surface area contributed by atoms with Crippen LogP contribution in [0.3, 0.4) is 0 Å². The summed E-state index contributed by atoms with van der Waals surface area (Å²) < 4.78 is 0. The molecule has 13 heavy (non-hydrogen) atoms. The van der Waals surface area contributed by atoms with Crippen molar-refractivity contribution in [2.24, 2.45) is 0 Å². The van der Waals surface area contributed by atoms with Gasteiger partial charge in [-0.15, -0.1) is 0 Å². The molecule has 0 heterocycles. The van der Waals surface area contributed by atoms with Gasteiger partial charge < -0.3 is 10.2 Å². The van der Waals surface area contributed by atoms with E-state index < -0.39 is 12.2 Å². The number of aliphatic hydroxyl groups is 2. The normalized spacial score (nSPS) is 21.8. The summed E-state index contributed by atoms with van der Waals surface area (Å²) in [6.07, 6.45) is 4.42. The monoisotopic (exact) mass is 202 g/mol. The van der Waals surface area contributed by atoms with Crippen LogP contribution in [0, 0.1) is 0 Å². The highest BCUT2D eigenvalue weighted by Gasteiger charge is 2.21. The molecule has 1 rings (SSSR count). The molecule has 0 amide bonds. The molecular formula is C10H15ClO2. The molecule has 0 aromatic rings. The molecular weight excluding hydrogens is 188 g/mol. The molecule has 0 saturated heterocycles. The lowest BCUT2D eigenvalue weighted by Crippen LogP contribution is -2.27. The van der Waals surface area contributed by atoms with Crippen LogP contribution in [-0.2, 0) is 0 Å². The van der Waals surface area contributed by atoms with E-state index in [-0.39, 0.29) is 0 Å². The van der Waals surface area contributed by atoms with Gasteiger partial charge in [0.05, 0.1) is 6.10 Å². The maximum Gasteiger partial charge on any atom is 0.106 e. The van der Waals surface area contributed by atoms with E-state index in [2.05, 4.69) is 0 Å². The van der Waals surface area contributed by atoms with Gasteiger partial charge in [0.1, 0.15) is 6.10 Å². The highest BCUT2D eigenvalue weighted by molar-refractivity contribution is 6.30. The molecule has 0 bridgehead atoms. The van der Waals surface area contributed by atoms with E-state index in [1.54, 1.807) is 6.08 Å². The van der Waals surface area contributed by atoms with Gasteiger partial charge in [0.25, 0.3) is 0 Å². The van der Waals surface area contributed by atoms with Crippen LogP contribution < -0.4 is 0 Å². The van der Waals surface area contributed by atoms with Crippen LogP contribution in [0.2, 0.25) is 0 Å². The first-order valence-corrected chi connectivity index (χ1v) is 4.95. The third kappa shape index (κ3) is 2.56. The molecule has 1 aliphatic carbocycles. The van der Waals surface area contributed by atoms with Crippen molar-refractivity contribution >= 4 is 11.6 Å². The van der Waals surface area contributed by atoms with Crippen molar-refractivity contribution in [3.05, 3.63) is 22.8 Å². The molecule has 2 atom stereocenters. The zero-order valence-electron chi connectivity index (χ0n) is 7.70. The topological polar surface area (TPSA) is 40.5 Å². The number of halogens is 1. The number of hydrogen-bond donors (Lipinski definition) is 2. The Morgan fingerprint density at radius 3 is 2.77 bits per heavy atom. The van der Waals surface area contributed by atoms with Crippen LogP contribution in [-0.4, -0.2) is 22.4 Å². The summed E-state index contributed by atoms with van der Waals surface area (Å²) in [5.41, 5.74) is 0.669. The van der Waals surface area contributed by atoms with Gasteiger partial charge in [-0.2, -0.15) is 0 Å². The average molecular weight is 203 g/mol. The first-order chi connectivity index (χ1) is 6.16. The second kappa shape index (κ2) is 4.80. The molecule has 0 fully saturated rings. The second-order valence-corrected chi connectivity index (χ2v) is 3.68. The van der Waals surface area contributed by atoms with Crippen molar-refractivity contribution in [2.45, 2.75) is 38.4 Å². The fraction of sp³-hybridized carbons (Fsp3) is 0.600. The average Bonchev–Trinajstić information content (AvgIpc) is 2.16. The van der Waals surface area contributed by atoms with E-state index in [0.29, 0.717) is 17.0 Å². The first-order valence-electron chi connectivity index (χ1n) is 4.58. The summed E-state index contributed by atoms with van der Waals surface area (Å²) in [4.78, 5) is 0. The maximum absolute atomic E-state index is 9.67. The van der Waals surface area contributed by atoms with Crippen LogP contribution in [0.1, 0.15) is 26.2 Å². The van der Waals surface area contributed by atoms with Gasteiger partial charge in [-0.3, -0.25) is 0 Å². The van der Waals surface area contributed by atoms with Crippen LogP contribution in [0.25, 0.3) is 0 Å². The van der Waals surface area contributed by atoms with E-state index >= 15 is 0 Å². The summed E-state index contributed by atoms with van der Waals surface area (Å²) in [7, 11) is 0. The van der Waals surface area contributed by atoms with Crippen LogP contribution in [0.15, 0.2) is 22.8 Å². The smallest absolute Gasteiger partial charge is 0.106 e. The number of allylic oxidation sites excluding steroid dienone is 2. The highest BCUT2D eigenvalue weighted by Crippen LogP contribution is 2.26. The SMILES string of the molecule is CC[C@H](O)[C@@H](O)C1=C(Cl)CCC=C1. The zero-order chi connectivity index (χ0) is 9.84. The van der Waals surface area contributed by atoms with E-state index in [9.17, 15) is 10.2 Å². The van der Waals surface area contributed by atoms with Gasteiger partial charge in [-0.1, -0.05) is 30.7 Å². The van der Waals surface area contributed by atoms with Crippen molar-refractivity contribution in [3.63, 3.8) is 0 Å². The quantitative estimate of drug-likeness (QED) is 0.735. The van der Waals surface area contributed by atoms with Crippen molar-refractivity contribution < 1.29 is 10.2 Å². The zero-order valence-corrected chi connectivity index (χ0v) is 8.46. The fourth-order valence-corrected chi connectivity index (χ4v) is 1.63. The number of hydrogen-bond acceptors (Lipinski definition) is 2. The Morgan fingerprint density at radius 2 is 2.23 bits per heavy atom. The standard InChI is InChI=1S/C10H15ClO2/c1-2-9(12)10(13)7-5-3-4-6-8(7)11/h3,5,9-10,12-13H,2,4,6H2,1H3/t9-,10-/m0/s1. The van der Waals surface area contributed by atoms with Crippen molar-refractivity contribution in [1.29, 1.82) is 0 Å². The van der Waals surface area contributed by atoms with Crippen LogP contribution >= 0.6 is 11.6 Å². The summed E-state index contributed by atoms with van der Waals surface area (Å²) in [6, 6.07) is 0. The molecule has 0 saturated carbocycles. The summed E-state index contributed by atoms with van der Waals surface area (Å²) in [5.74, 6) is 0. The third-order valence-corrected chi connectivity index (χ3v) is 2.65. The number of rotatable bonds is 3. The van der Waals surface area contributed by atoms with Crippen LogP contribution in [0.4, 0.5) is 0 Å². The van der Waals surface area contributed by atoms with Gasteiger partial charge in [0.15, 0.2) is 0 Å². The van der Waals surface area contributed by atoms with Gasteiger partial charge in [0.2, 0.25) is 0 Å². The van der Waals surface area contributed by atoms with Gasteiger partial charge in [0, 0.05) is 5.03 Å². The molecule has 0 radical (unpaired) electrons. The third-order valence-electron chi connectivity index (χ3n) is 2.24. The molecule has 0 aromatic heterocycles. The molecule has 2 nitrogen and oxygen atoms in total. The largest absolute Gasteiger partial charge is 0.390 e. The molecule has 2 N–H and O–H groups in total. The lowest BCUT2D eigenvalue weighted by molar-refractivity contribution is 0.0412. The van der Waals surface area contributed by atoms with Gasteiger partial charge in [-0.05, 0) is 24.8 Å². The molecule has 0 unspecified atom stereocenters. The predicted molar refractivity (Wildman–Crippen MR) is 53.6 cm³/mol. The van der Waals surface area contributed by atoms with Gasteiger partial charge in [-0.25, -0.2) is 0 Å². The van der Waals surface area contributed by atoms with E-state index in [4.69, 9.17) is 11.6 Å². The Morgan fingerprint density at radius 1 is 1.54 bits per heavy atom. The lowest BCUT2D eigenvalue weighted by atomic mass is 9.97. The molecule has 0 spiro atoms. The molecule has 3 heteroatoms. The minimum absolute atomic E-state index is 0.530. The molecule has 1 aliphatic rings. The summed E-state index contributed by atoms with van der Waals surface area (Å²) in [5, 5.41) is 19.8. The van der Waals surface area contributed by atoms with Crippen LogP contribution in [0.5, 0.6) is 0 Å². The van der Waals surface area contributed by atoms with E-state index in [1.165, 1.54) is 0 Å². The minimum atomic E-state index is -0.839. The van der Waals surface area contributed by atoms with Crippen molar-refractivity contribution in [1.82, 2.24) is 0 Å². The van der Waals surface area contributed by atoms with E-state index in [1.807, 2.05) is 13.0 Å². The summed E-state index contributed by atoms with van der Waals surface area (Å²) >= 11 is 5.94. The van der Waals surface area contributed by atoms with Gasteiger partial charge >= 0.3 is 0 Å². The lowest BCUT2D eigenvalue weighted by Gasteiger charge is -2.20. The summed E-state index contributed by atoms with van der Waals surface area (Å²) in [6.45, 7) is 1.83. The number of aliphatic hydroxyl groups excluding tert-OH is 2. The molecule has 74 valence electrons. The predicted octanol–water partition coefficient (Wildman–Crippen LogP) is 1.96. The Bertz CT molecular complexity index is 233. The Labute approximate surface area is 83.5 Å². The molecule has 0 aliphatic heterocycles. The highest BCUT2D eigenvalue weighted by atomic mass is 35.5. The second-order valence-electron chi connectivity index (χ2n) is 3.22. The van der Waals surface area contributed by atoms with E-state index in [0.717, 1.165) is 12.8 Å². The molecule has 0 aromatic carbocycles. The maximum atomic E-state index is 9.67.